The molecule has 0 aromatic heterocycles. The van der Waals surface area contributed by atoms with Crippen LogP contribution in [0.25, 0.3) is 0 Å². The van der Waals surface area contributed by atoms with Gasteiger partial charge in [-0.2, -0.15) is 0 Å². The Hall–Kier alpha value is -2.60. The number of ether oxygens (including phenoxy) is 1. The van der Waals surface area contributed by atoms with E-state index in [1.807, 2.05) is 18.2 Å². The Balaban J connectivity index is 1.52. The summed E-state index contributed by atoms with van der Waals surface area (Å²) in [5.41, 5.74) is 9.38. The third kappa shape index (κ3) is 2.80. The van der Waals surface area contributed by atoms with Gasteiger partial charge in [-0.25, -0.2) is 4.39 Å². The van der Waals surface area contributed by atoms with Gasteiger partial charge >= 0.3 is 0 Å². The fourth-order valence-electron chi connectivity index (χ4n) is 3.78. The molecule has 3 N–H and O–H groups in total. The van der Waals surface area contributed by atoms with Crippen LogP contribution in [0.1, 0.15) is 40.4 Å². The van der Waals surface area contributed by atoms with Crippen molar-refractivity contribution in [3.05, 3.63) is 58.9 Å². The van der Waals surface area contributed by atoms with E-state index in [9.17, 15) is 9.18 Å². The van der Waals surface area contributed by atoms with Crippen molar-refractivity contribution in [2.24, 2.45) is 5.73 Å². The van der Waals surface area contributed by atoms with Crippen LogP contribution in [0.2, 0.25) is 0 Å². The summed E-state index contributed by atoms with van der Waals surface area (Å²) in [6.07, 6.45) is 1.29. The van der Waals surface area contributed by atoms with Crippen molar-refractivity contribution in [3.8, 4) is 5.75 Å². The minimum atomic E-state index is -0.281. The highest BCUT2D eigenvalue weighted by molar-refractivity contribution is 6.03. The molecule has 2 heterocycles. The van der Waals surface area contributed by atoms with Gasteiger partial charge in [-0.1, -0.05) is 18.2 Å². The molecule has 1 amide bonds. The zero-order valence-electron chi connectivity index (χ0n) is 14.7. The topological polar surface area (TPSA) is 67.6 Å². The monoisotopic (exact) mass is 355 g/mol. The number of halogens is 1. The molecule has 2 atom stereocenters. The van der Waals surface area contributed by atoms with E-state index >= 15 is 0 Å². The van der Waals surface area contributed by atoms with Crippen molar-refractivity contribution in [3.63, 3.8) is 0 Å². The molecule has 0 bridgehead atoms. The molecule has 0 saturated carbocycles. The molecule has 0 spiro atoms. The molecule has 2 aromatic rings. The van der Waals surface area contributed by atoms with Crippen molar-refractivity contribution in [1.82, 2.24) is 5.32 Å². The average molecular weight is 355 g/mol. The van der Waals surface area contributed by atoms with Gasteiger partial charge < -0.3 is 20.7 Å². The van der Waals surface area contributed by atoms with Crippen LogP contribution in [0, 0.1) is 12.7 Å². The highest BCUT2D eigenvalue weighted by Crippen LogP contribution is 2.38. The standard InChI is InChI=1S/C20H22FN3O2/c1-12-15(21)6-3-7-17(12)26-11-9-18-23-20(25)14-5-2-4-13-16(22)8-10-24(18)19(13)14/h2-7,16,18H,8-11,22H2,1H3,(H,23,25). The maximum absolute atomic E-state index is 13.6. The molecule has 6 heteroatoms. The number of nitrogens with zero attached hydrogens (tertiary/aromatic N) is 1. The molecule has 2 unspecified atom stereocenters. The van der Waals surface area contributed by atoms with Crippen LogP contribution in [-0.2, 0) is 0 Å². The lowest BCUT2D eigenvalue weighted by molar-refractivity contribution is 0.0918. The summed E-state index contributed by atoms with van der Waals surface area (Å²) >= 11 is 0. The number of nitrogens with one attached hydrogen (secondary N) is 1. The van der Waals surface area contributed by atoms with Crippen LogP contribution in [0.4, 0.5) is 10.1 Å². The Labute approximate surface area is 151 Å². The molecule has 136 valence electrons. The van der Waals surface area contributed by atoms with E-state index in [0.717, 1.165) is 24.2 Å². The number of benzene rings is 2. The Morgan fingerprint density at radius 2 is 2.12 bits per heavy atom. The van der Waals surface area contributed by atoms with Gasteiger partial charge in [0.2, 0.25) is 0 Å². The van der Waals surface area contributed by atoms with Crippen molar-refractivity contribution >= 4 is 11.6 Å². The van der Waals surface area contributed by atoms with E-state index in [4.69, 9.17) is 10.5 Å². The molecular formula is C20H22FN3O2. The van der Waals surface area contributed by atoms with Gasteiger partial charge in [-0.05, 0) is 37.1 Å². The van der Waals surface area contributed by atoms with Gasteiger partial charge in [0.25, 0.3) is 5.91 Å². The van der Waals surface area contributed by atoms with E-state index in [1.165, 1.54) is 6.07 Å². The van der Waals surface area contributed by atoms with Crippen LogP contribution in [0.3, 0.4) is 0 Å². The second kappa shape index (κ2) is 6.61. The molecule has 4 rings (SSSR count). The van der Waals surface area contributed by atoms with Gasteiger partial charge in [0, 0.05) is 24.6 Å². The zero-order chi connectivity index (χ0) is 18.3. The summed E-state index contributed by atoms with van der Waals surface area (Å²) in [7, 11) is 0. The largest absolute Gasteiger partial charge is 0.493 e. The Morgan fingerprint density at radius 3 is 2.96 bits per heavy atom. The van der Waals surface area contributed by atoms with Gasteiger partial charge in [-0.3, -0.25) is 4.79 Å². The second-order valence-electron chi connectivity index (χ2n) is 6.82. The van der Waals surface area contributed by atoms with Crippen molar-refractivity contribution in [2.75, 3.05) is 18.1 Å². The predicted molar refractivity (Wildman–Crippen MR) is 97.8 cm³/mol. The number of hydrogen-bond donors (Lipinski definition) is 2. The lowest BCUT2D eigenvalue weighted by atomic mass is 9.91. The van der Waals surface area contributed by atoms with E-state index in [1.54, 1.807) is 19.1 Å². The van der Waals surface area contributed by atoms with Gasteiger partial charge in [0.15, 0.2) is 0 Å². The number of carbonyl (C=O) groups excluding carboxylic acids is 1. The molecule has 5 nitrogen and oxygen atoms in total. The van der Waals surface area contributed by atoms with E-state index in [-0.39, 0.29) is 23.9 Å². The fraction of sp³-hybridized carbons (Fsp3) is 0.350. The average Bonchev–Trinajstić information content (AvgIpc) is 2.64. The number of para-hydroxylation sites is 1. The first kappa shape index (κ1) is 16.8. The maximum Gasteiger partial charge on any atom is 0.254 e. The van der Waals surface area contributed by atoms with Crippen LogP contribution in [0.5, 0.6) is 5.75 Å². The zero-order valence-corrected chi connectivity index (χ0v) is 14.7. The summed E-state index contributed by atoms with van der Waals surface area (Å²) in [4.78, 5) is 14.7. The maximum atomic E-state index is 13.6. The van der Waals surface area contributed by atoms with Crippen LogP contribution >= 0.6 is 0 Å². The van der Waals surface area contributed by atoms with Crippen LogP contribution < -0.4 is 20.7 Å². The Bertz CT molecular complexity index is 855. The number of nitrogens with two attached hydrogens (primary N) is 1. The number of rotatable bonds is 4. The molecule has 0 fully saturated rings. The molecule has 0 radical (unpaired) electrons. The van der Waals surface area contributed by atoms with E-state index < -0.39 is 0 Å². The SMILES string of the molecule is Cc1c(F)cccc1OCCC1NC(=O)c2cccc3c2N1CCC3N. The van der Waals surface area contributed by atoms with E-state index in [0.29, 0.717) is 29.9 Å². The molecule has 2 aromatic carbocycles. The third-order valence-electron chi connectivity index (χ3n) is 5.22. The molecule has 2 aliphatic rings. The molecule has 26 heavy (non-hydrogen) atoms. The number of anilines is 1. The molecular weight excluding hydrogens is 333 g/mol. The van der Waals surface area contributed by atoms with Crippen molar-refractivity contribution < 1.29 is 13.9 Å². The van der Waals surface area contributed by atoms with Crippen LogP contribution in [-0.4, -0.2) is 25.2 Å². The number of carbonyl (C=O) groups is 1. The predicted octanol–water partition coefficient (Wildman–Crippen LogP) is 2.88. The minimum absolute atomic E-state index is 0.0426. The summed E-state index contributed by atoms with van der Waals surface area (Å²) in [5.74, 6) is 0.171. The first-order valence-electron chi connectivity index (χ1n) is 8.90. The first-order valence-corrected chi connectivity index (χ1v) is 8.90. The minimum Gasteiger partial charge on any atom is -0.493 e. The number of hydrogen-bond acceptors (Lipinski definition) is 4. The molecule has 0 saturated heterocycles. The third-order valence-corrected chi connectivity index (χ3v) is 5.22. The van der Waals surface area contributed by atoms with Gasteiger partial charge in [-0.15, -0.1) is 0 Å². The highest BCUT2D eigenvalue weighted by Gasteiger charge is 2.36. The summed E-state index contributed by atoms with van der Waals surface area (Å²) < 4.78 is 19.4. The highest BCUT2D eigenvalue weighted by atomic mass is 19.1. The molecule has 0 aliphatic carbocycles. The molecule has 2 aliphatic heterocycles. The second-order valence-corrected chi connectivity index (χ2v) is 6.82. The van der Waals surface area contributed by atoms with Crippen molar-refractivity contribution in [2.45, 2.75) is 32.0 Å². The summed E-state index contributed by atoms with van der Waals surface area (Å²) in [5, 5.41) is 3.05. The quantitative estimate of drug-likeness (QED) is 0.885. The smallest absolute Gasteiger partial charge is 0.254 e. The normalized spacial score (nSPS) is 21.2. The lowest BCUT2D eigenvalue weighted by Crippen LogP contribution is -2.55. The van der Waals surface area contributed by atoms with E-state index in [2.05, 4.69) is 10.2 Å². The van der Waals surface area contributed by atoms with Gasteiger partial charge in [0.05, 0.1) is 17.9 Å². The van der Waals surface area contributed by atoms with Crippen molar-refractivity contribution in [1.29, 1.82) is 0 Å². The first-order chi connectivity index (χ1) is 12.6. The van der Waals surface area contributed by atoms with Gasteiger partial charge in [0.1, 0.15) is 17.7 Å². The Kier molecular flexibility index (Phi) is 4.28. The van der Waals surface area contributed by atoms with Crippen LogP contribution in [0.15, 0.2) is 36.4 Å². The number of amides is 1. The fourth-order valence-corrected chi connectivity index (χ4v) is 3.78. The lowest BCUT2D eigenvalue weighted by Gasteiger charge is -2.44. The summed E-state index contributed by atoms with van der Waals surface area (Å²) in [6.45, 7) is 2.87. The Morgan fingerprint density at radius 1 is 1.31 bits per heavy atom. The summed E-state index contributed by atoms with van der Waals surface area (Å²) in [6, 6.07) is 10.5.